The minimum Gasteiger partial charge on any atom is -0.327 e. The number of fused-ring (bicyclic) bond motifs is 1. The molecule has 0 bridgehead atoms. The third-order valence-electron chi connectivity index (χ3n) is 2.10. The van der Waals surface area contributed by atoms with Gasteiger partial charge in [-0.3, -0.25) is 0 Å². The van der Waals surface area contributed by atoms with Gasteiger partial charge in [0.05, 0.1) is 0 Å². The van der Waals surface area contributed by atoms with Crippen LogP contribution < -0.4 is 5.73 Å². The Morgan fingerprint density at radius 1 is 1.36 bits per heavy atom. The Hall–Kier alpha value is -0.0500. The minimum absolute atomic E-state index is 0. The van der Waals surface area contributed by atoms with E-state index >= 15 is 0 Å². The first kappa shape index (κ1) is 9.04. The fourth-order valence-corrected chi connectivity index (χ4v) is 2.39. The number of rotatable bonds is 0. The van der Waals surface area contributed by atoms with Crippen molar-refractivity contribution < 1.29 is 0 Å². The van der Waals surface area contributed by atoms with Crippen molar-refractivity contribution in [3.05, 3.63) is 21.9 Å². The monoisotopic (exact) mass is 189 g/mol. The van der Waals surface area contributed by atoms with E-state index in [4.69, 9.17) is 5.73 Å². The van der Waals surface area contributed by atoms with Crippen molar-refractivity contribution in [2.45, 2.75) is 25.3 Å². The second-order valence-electron chi connectivity index (χ2n) is 2.93. The van der Waals surface area contributed by atoms with E-state index in [1.54, 1.807) is 11.3 Å². The van der Waals surface area contributed by atoms with E-state index in [2.05, 4.69) is 10.8 Å². The van der Waals surface area contributed by atoms with Crippen LogP contribution in [0.4, 0.5) is 0 Å². The number of aryl methyl sites for hydroxylation is 1. The Labute approximate surface area is 77.0 Å². The highest BCUT2D eigenvalue weighted by molar-refractivity contribution is 7.08. The van der Waals surface area contributed by atoms with Gasteiger partial charge in [-0.1, -0.05) is 0 Å². The van der Waals surface area contributed by atoms with Crippen LogP contribution >= 0.6 is 23.7 Å². The number of halogens is 1. The van der Waals surface area contributed by atoms with Gasteiger partial charge in [0.15, 0.2) is 0 Å². The number of thiophene rings is 1. The zero-order chi connectivity index (χ0) is 6.97. The molecule has 3 heteroatoms. The summed E-state index contributed by atoms with van der Waals surface area (Å²) >= 11 is 1.80. The number of nitrogens with two attached hydrogens (primary N) is 1. The van der Waals surface area contributed by atoms with Gasteiger partial charge in [-0.2, -0.15) is 11.3 Å². The molecule has 1 aliphatic rings. The minimum atomic E-state index is 0. The van der Waals surface area contributed by atoms with Gasteiger partial charge >= 0.3 is 0 Å². The molecular weight excluding hydrogens is 178 g/mol. The van der Waals surface area contributed by atoms with Crippen LogP contribution in [-0.2, 0) is 12.8 Å². The molecule has 1 aromatic rings. The molecule has 0 aliphatic heterocycles. The molecule has 0 radical (unpaired) electrons. The molecule has 2 N–H and O–H groups in total. The maximum atomic E-state index is 5.81. The normalized spacial score (nSPS) is 22.1. The third-order valence-corrected chi connectivity index (χ3v) is 2.94. The van der Waals surface area contributed by atoms with Gasteiger partial charge < -0.3 is 5.73 Å². The van der Waals surface area contributed by atoms with Crippen LogP contribution in [0, 0.1) is 0 Å². The summed E-state index contributed by atoms with van der Waals surface area (Å²) < 4.78 is 0. The van der Waals surface area contributed by atoms with E-state index < -0.39 is 0 Å². The van der Waals surface area contributed by atoms with E-state index in [1.165, 1.54) is 24.0 Å². The molecule has 0 amide bonds. The average Bonchev–Trinajstić information content (AvgIpc) is 2.33. The van der Waals surface area contributed by atoms with Crippen LogP contribution in [0.5, 0.6) is 0 Å². The lowest BCUT2D eigenvalue weighted by molar-refractivity contribution is 0.579. The van der Waals surface area contributed by atoms with Crippen LogP contribution in [0.3, 0.4) is 0 Å². The molecule has 1 heterocycles. The van der Waals surface area contributed by atoms with Gasteiger partial charge in [0.25, 0.3) is 0 Å². The highest BCUT2D eigenvalue weighted by Crippen LogP contribution is 2.23. The topological polar surface area (TPSA) is 26.0 Å². The van der Waals surface area contributed by atoms with Crippen molar-refractivity contribution in [2.75, 3.05) is 0 Å². The van der Waals surface area contributed by atoms with E-state index in [0.29, 0.717) is 6.04 Å². The molecule has 0 saturated carbocycles. The zero-order valence-electron chi connectivity index (χ0n) is 6.25. The lowest BCUT2D eigenvalue weighted by Gasteiger charge is -2.17. The predicted molar refractivity (Wildman–Crippen MR) is 51.6 cm³/mol. The van der Waals surface area contributed by atoms with Crippen LogP contribution in [0.1, 0.15) is 17.5 Å². The van der Waals surface area contributed by atoms with E-state index in [9.17, 15) is 0 Å². The van der Waals surface area contributed by atoms with E-state index in [0.717, 1.165) is 6.42 Å². The van der Waals surface area contributed by atoms with Crippen molar-refractivity contribution in [2.24, 2.45) is 5.73 Å². The summed E-state index contributed by atoms with van der Waals surface area (Å²) in [6.45, 7) is 0. The van der Waals surface area contributed by atoms with Crippen LogP contribution in [0.25, 0.3) is 0 Å². The second kappa shape index (κ2) is 3.57. The van der Waals surface area contributed by atoms with Gasteiger partial charge in [-0.05, 0) is 41.1 Å². The molecule has 0 aromatic carbocycles. The molecule has 0 fully saturated rings. The van der Waals surface area contributed by atoms with Crippen molar-refractivity contribution in [3.8, 4) is 0 Å². The number of hydrogen-bond donors (Lipinski definition) is 1. The van der Waals surface area contributed by atoms with Gasteiger partial charge in [-0.25, -0.2) is 0 Å². The standard InChI is InChI=1S/C8H11NS.ClH/c9-8-2-1-6-4-10-5-7(6)3-8;/h4-5,8H,1-3,9H2;1H/t8-;/m0./s1. The molecule has 62 valence electrons. The van der Waals surface area contributed by atoms with Gasteiger partial charge in [0.1, 0.15) is 0 Å². The van der Waals surface area contributed by atoms with Gasteiger partial charge in [-0.15, -0.1) is 12.4 Å². The van der Waals surface area contributed by atoms with Crippen molar-refractivity contribution in [3.63, 3.8) is 0 Å². The molecule has 0 spiro atoms. The lowest BCUT2D eigenvalue weighted by atomic mass is 9.92. The molecular formula is C8H12ClNS. The molecule has 11 heavy (non-hydrogen) atoms. The summed E-state index contributed by atoms with van der Waals surface area (Å²) in [6.07, 6.45) is 3.46. The van der Waals surface area contributed by atoms with Crippen LogP contribution in [0.2, 0.25) is 0 Å². The molecule has 2 rings (SSSR count). The largest absolute Gasteiger partial charge is 0.327 e. The van der Waals surface area contributed by atoms with Crippen LogP contribution in [-0.4, -0.2) is 6.04 Å². The highest BCUT2D eigenvalue weighted by Gasteiger charge is 2.14. The predicted octanol–water partition coefficient (Wildman–Crippen LogP) is 1.99. The van der Waals surface area contributed by atoms with Crippen LogP contribution in [0.15, 0.2) is 10.8 Å². The molecule has 1 nitrogen and oxygen atoms in total. The number of hydrogen-bond acceptors (Lipinski definition) is 2. The molecule has 0 unspecified atom stereocenters. The molecule has 1 aromatic heterocycles. The maximum Gasteiger partial charge on any atom is 0.00828 e. The first-order valence-corrected chi connectivity index (χ1v) is 4.60. The first-order chi connectivity index (χ1) is 4.86. The quantitative estimate of drug-likeness (QED) is 0.664. The van der Waals surface area contributed by atoms with Crippen molar-refractivity contribution in [1.29, 1.82) is 0 Å². The summed E-state index contributed by atoms with van der Waals surface area (Å²) in [6, 6.07) is 0.419. The van der Waals surface area contributed by atoms with Gasteiger partial charge in [0.2, 0.25) is 0 Å². The molecule has 1 atom stereocenters. The van der Waals surface area contributed by atoms with Crippen molar-refractivity contribution >= 4 is 23.7 Å². The first-order valence-electron chi connectivity index (χ1n) is 3.66. The average molecular weight is 190 g/mol. The third kappa shape index (κ3) is 1.75. The Morgan fingerprint density at radius 3 is 2.91 bits per heavy atom. The summed E-state index contributed by atoms with van der Waals surface area (Å²) in [5.74, 6) is 0. The lowest BCUT2D eigenvalue weighted by Crippen LogP contribution is -2.26. The summed E-state index contributed by atoms with van der Waals surface area (Å²) in [4.78, 5) is 0. The van der Waals surface area contributed by atoms with Crippen molar-refractivity contribution in [1.82, 2.24) is 0 Å². The fourth-order valence-electron chi connectivity index (χ4n) is 1.47. The second-order valence-corrected chi connectivity index (χ2v) is 3.67. The molecule has 0 saturated heterocycles. The summed E-state index contributed by atoms with van der Waals surface area (Å²) in [5.41, 5.74) is 8.84. The van der Waals surface area contributed by atoms with Gasteiger partial charge in [0, 0.05) is 6.04 Å². The Morgan fingerprint density at radius 2 is 2.09 bits per heavy atom. The SMILES string of the molecule is Cl.N[C@H]1CCc2cscc2C1. The maximum absolute atomic E-state index is 5.81. The summed E-state index contributed by atoms with van der Waals surface area (Å²) in [7, 11) is 0. The van der Waals surface area contributed by atoms with E-state index in [1.807, 2.05) is 0 Å². The summed E-state index contributed by atoms with van der Waals surface area (Å²) in [5, 5.41) is 4.48. The Balaban J connectivity index is 0.000000605. The fraction of sp³-hybridized carbons (Fsp3) is 0.500. The Bertz CT molecular complexity index is 234. The smallest absolute Gasteiger partial charge is 0.00828 e. The Kier molecular flexibility index (Phi) is 2.93. The highest BCUT2D eigenvalue weighted by atomic mass is 35.5. The zero-order valence-corrected chi connectivity index (χ0v) is 7.88. The molecule has 1 aliphatic carbocycles. The van der Waals surface area contributed by atoms with E-state index in [-0.39, 0.29) is 12.4 Å².